The lowest BCUT2D eigenvalue weighted by atomic mass is 10.2. The Bertz CT molecular complexity index is 497. The van der Waals surface area contributed by atoms with Gasteiger partial charge in [-0.05, 0) is 17.9 Å². The van der Waals surface area contributed by atoms with Crippen molar-refractivity contribution in [3.63, 3.8) is 0 Å². The van der Waals surface area contributed by atoms with Crippen molar-refractivity contribution in [2.45, 2.75) is 32.7 Å². The third-order valence-corrected chi connectivity index (χ3v) is 3.60. The molecule has 2 heterocycles. The van der Waals surface area contributed by atoms with Crippen LogP contribution in [0.2, 0.25) is 0 Å². The van der Waals surface area contributed by atoms with Crippen molar-refractivity contribution >= 4 is 23.2 Å². The fourth-order valence-electron chi connectivity index (χ4n) is 1.68. The third-order valence-electron chi connectivity index (χ3n) is 2.61. The predicted octanol–water partition coefficient (Wildman–Crippen LogP) is 2.64. The van der Waals surface area contributed by atoms with Gasteiger partial charge in [0.15, 0.2) is 0 Å². The van der Waals surface area contributed by atoms with E-state index in [2.05, 4.69) is 38.6 Å². The summed E-state index contributed by atoms with van der Waals surface area (Å²) in [5, 5.41) is 5.38. The molecule has 6 heteroatoms. The van der Waals surface area contributed by atoms with Crippen molar-refractivity contribution in [1.82, 2.24) is 15.0 Å². The molecule has 1 atom stereocenters. The molecular formula is C12H17N5S. The van der Waals surface area contributed by atoms with E-state index in [1.165, 1.54) is 4.88 Å². The fraction of sp³-hybridized carbons (Fsp3) is 0.417. The molecule has 0 radical (unpaired) electrons. The highest BCUT2D eigenvalue weighted by Crippen LogP contribution is 2.24. The van der Waals surface area contributed by atoms with Gasteiger partial charge in [-0.2, -0.15) is 15.0 Å². The van der Waals surface area contributed by atoms with Crippen LogP contribution in [0.15, 0.2) is 17.5 Å². The summed E-state index contributed by atoms with van der Waals surface area (Å²) in [4.78, 5) is 13.8. The third kappa shape index (κ3) is 2.95. The number of aryl methyl sites for hydroxylation is 1. The Morgan fingerprint density at radius 3 is 2.78 bits per heavy atom. The molecule has 0 saturated carbocycles. The van der Waals surface area contributed by atoms with Gasteiger partial charge in [0.1, 0.15) is 5.82 Å². The molecule has 2 aromatic rings. The molecule has 0 spiro atoms. The zero-order valence-corrected chi connectivity index (χ0v) is 11.4. The second kappa shape index (κ2) is 5.77. The van der Waals surface area contributed by atoms with Crippen molar-refractivity contribution in [2.75, 3.05) is 11.1 Å². The van der Waals surface area contributed by atoms with Crippen LogP contribution in [0, 0.1) is 0 Å². The summed E-state index contributed by atoms with van der Waals surface area (Å²) in [7, 11) is 0. The summed E-state index contributed by atoms with van der Waals surface area (Å²) in [5.41, 5.74) is 5.67. The molecule has 1 unspecified atom stereocenters. The lowest BCUT2D eigenvalue weighted by Gasteiger charge is -2.15. The first-order chi connectivity index (χ1) is 8.72. The second-order valence-corrected chi connectivity index (χ2v) is 4.89. The van der Waals surface area contributed by atoms with Gasteiger partial charge >= 0.3 is 0 Å². The molecule has 0 aliphatic rings. The second-order valence-electron chi connectivity index (χ2n) is 3.91. The molecule has 5 nitrogen and oxygen atoms in total. The standard InChI is InChI=1S/C12H17N5S/c1-3-8(9-6-5-7-18-9)14-12-16-10(4-2)15-11(13)17-12/h5-8H,3-4H2,1-2H3,(H3,13,14,15,16,17). The first-order valence-corrected chi connectivity index (χ1v) is 6.91. The molecule has 0 aliphatic carbocycles. The van der Waals surface area contributed by atoms with Crippen molar-refractivity contribution in [2.24, 2.45) is 0 Å². The highest BCUT2D eigenvalue weighted by Gasteiger charge is 2.12. The Morgan fingerprint density at radius 2 is 2.17 bits per heavy atom. The van der Waals surface area contributed by atoms with Crippen LogP contribution in [0.25, 0.3) is 0 Å². The zero-order chi connectivity index (χ0) is 13.0. The minimum absolute atomic E-state index is 0.219. The largest absolute Gasteiger partial charge is 0.368 e. The number of hydrogen-bond donors (Lipinski definition) is 2. The highest BCUT2D eigenvalue weighted by atomic mass is 32.1. The van der Waals surface area contributed by atoms with E-state index in [1.54, 1.807) is 11.3 Å². The van der Waals surface area contributed by atoms with E-state index in [0.29, 0.717) is 11.8 Å². The van der Waals surface area contributed by atoms with Crippen LogP contribution in [0.4, 0.5) is 11.9 Å². The maximum absolute atomic E-state index is 5.67. The van der Waals surface area contributed by atoms with Crippen LogP contribution in [-0.4, -0.2) is 15.0 Å². The minimum Gasteiger partial charge on any atom is -0.368 e. The highest BCUT2D eigenvalue weighted by molar-refractivity contribution is 7.10. The number of hydrogen-bond acceptors (Lipinski definition) is 6. The van der Waals surface area contributed by atoms with Gasteiger partial charge in [0.2, 0.25) is 11.9 Å². The molecule has 2 aromatic heterocycles. The maximum Gasteiger partial charge on any atom is 0.228 e. The summed E-state index contributed by atoms with van der Waals surface area (Å²) in [6, 6.07) is 4.37. The van der Waals surface area contributed by atoms with Gasteiger partial charge in [0, 0.05) is 11.3 Å². The first kappa shape index (κ1) is 12.8. The number of rotatable bonds is 5. The van der Waals surface area contributed by atoms with Crippen molar-refractivity contribution in [3.8, 4) is 0 Å². The van der Waals surface area contributed by atoms with Crippen LogP contribution in [-0.2, 0) is 6.42 Å². The number of nitrogen functional groups attached to an aromatic ring is 1. The van der Waals surface area contributed by atoms with Crippen LogP contribution in [0.5, 0.6) is 0 Å². The minimum atomic E-state index is 0.219. The quantitative estimate of drug-likeness (QED) is 0.867. The lowest BCUT2D eigenvalue weighted by Crippen LogP contribution is -2.13. The van der Waals surface area contributed by atoms with Crippen molar-refractivity contribution < 1.29 is 0 Å². The van der Waals surface area contributed by atoms with Gasteiger partial charge in [-0.3, -0.25) is 0 Å². The van der Waals surface area contributed by atoms with Gasteiger partial charge < -0.3 is 11.1 Å². The molecule has 0 fully saturated rings. The molecule has 0 aromatic carbocycles. The Kier molecular flexibility index (Phi) is 4.09. The average Bonchev–Trinajstić information content (AvgIpc) is 2.89. The number of nitrogens with two attached hydrogens (primary N) is 1. The fourth-order valence-corrected chi connectivity index (χ4v) is 2.54. The molecule has 0 bridgehead atoms. The normalized spacial score (nSPS) is 12.3. The summed E-state index contributed by atoms with van der Waals surface area (Å²) < 4.78 is 0. The summed E-state index contributed by atoms with van der Waals surface area (Å²) in [5.74, 6) is 1.54. The molecule has 2 rings (SSSR count). The van der Waals surface area contributed by atoms with Gasteiger partial charge in [-0.1, -0.05) is 19.9 Å². The van der Waals surface area contributed by atoms with Gasteiger partial charge in [-0.15, -0.1) is 11.3 Å². The van der Waals surface area contributed by atoms with E-state index in [0.717, 1.165) is 12.8 Å². The molecule has 3 N–H and O–H groups in total. The van der Waals surface area contributed by atoms with Crippen LogP contribution in [0.3, 0.4) is 0 Å². The molecule has 96 valence electrons. The number of aromatic nitrogens is 3. The number of thiophene rings is 1. The van der Waals surface area contributed by atoms with Crippen LogP contribution in [0.1, 0.15) is 37.0 Å². The van der Waals surface area contributed by atoms with Crippen molar-refractivity contribution in [1.29, 1.82) is 0 Å². The molecule has 18 heavy (non-hydrogen) atoms. The monoisotopic (exact) mass is 263 g/mol. The molecule has 0 saturated heterocycles. The summed E-state index contributed by atoms with van der Waals surface area (Å²) >= 11 is 1.72. The lowest BCUT2D eigenvalue weighted by molar-refractivity contribution is 0.746. The Labute approximate surface area is 111 Å². The van der Waals surface area contributed by atoms with E-state index in [4.69, 9.17) is 5.73 Å². The average molecular weight is 263 g/mol. The van der Waals surface area contributed by atoms with Gasteiger partial charge in [-0.25, -0.2) is 0 Å². The zero-order valence-electron chi connectivity index (χ0n) is 10.6. The SMILES string of the molecule is CCc1nc(N)nc(NC(CC)c2cccs2)n1. The predicted molar refractivity (Wildman–Crippen MR) is 74.6 cm³/mol. The smallest absolute Gasteiger partial charge is 0.228 e. The van der Waals surface area contributed by atoms with E-state index in [-0.39, 0.29) is 12.0 Å². The van der Waals surface area contributed by atoms with Gasteiger partial charge in [0.05, 0.1) is 6.04 Å². The Balaban J connectivity index is 2.19. The van der Waals surface area contributed by atoms with Crippen LogP contribution < -0.4 is 11.1 Å². The van der Waals surface area contributed by atoms with Crippen molar-refractivity contribution in [3.05, 3.63) is 28.2 Å². The molecular weight excluding hydrogens is 246 g/mol. The maximum atomic E-state index is 5.67. The number of anilines is 2. The number of nitrogens with zero attached hydrogens (tertiary/aromatic N) is 3. The van der Waals surface area contributed by atoms with Crippen LogP contribution >= 0.6 is 11.3 Å². The van der Waals surface area contributed by atoms with E-state index >= 15 is 0 Å². The summed E-state index contributed by atoms with van der Waals surface area (Å²) in [6.07, 6.45) is 1.71. The molecule has 0 aliphatic heterocycles. The van der Waals surface area contributed by atoms with E-state index in [1.807, 2.05) is 13.0 Å². The Hall–Kier alpha value is -1.69. The van der Waals surface area contributed by atoms with E-state index < -0.39 is 0 Å². The summed E-state index contributed by atoms with van der Waals surface area (Å²) in [6.45, 7) is 4.12. The Morgan fingerprint density at radius 1 is 1.33 bits per heavy atom. The molecule has 0 amide bonds. The topological polar surface area (TPSA) is 76.7 Å². The first-order valence-electron chi connectivity index (χ1n) is 6.03. The van der Waals surface area contributed by atoms with E-state index in [9.17, 15) is 0 Å². The van der Waals surface area contributed by atoms with Gasteiger partial charge in [0.25, 0.3) is 0 Å². The number of nitrogens with one attached hydrogen (secondary N) is 1.